The van der Waals surface area contributed by atoms with Crippen LogP contribution in [-0.2, 0) is 11.2 Å². The summed E-state index contributed by atoms with van der Waals surface area (Å²) in [4.78, 5) is 11.9. The van der Waals surface area contributed by atoms with Gasteiger partial charge in [-0.25, -0.2) is 13.2 Å². The Hall–Kier alpha value is -2.50. The Morgan fingerprint density at radius 1 is 1.10 bits per heavy atom. The number of amides is 1. The van der Waals surface area contributed by atoms with E-state index < -0.39 is 23.4 Å². The van der Waals surface area contributed by atoms with Crippen LogP contribution < -0.4 is 10.1 Å². The summed E-state index contributed by atoms with van der Waals surface area (Å²) in [6, 6.07) is 6.83. The highest BCUT2D eigenvalue weighted by molar-refractivity contribution is 5.92. The summed E-state index contributed by atoms with van der Waals surface area (Å²) in [6.45, 7) is 0. The predicted molar refractivity (Wildman–Crippen MR) is 71.6 cm³/mol. The Kier molecular flexibility index (Phi) is 4.47. The van der Waals surface area contributed by atoms with Crippen molar-refractivity contribution in [3.8, 4) is 5.75 Å². The van der Waals surface area contributed by atoms with Crippen molar-refractivity contribution in [1.82, 2.24) is 0 Å². The van der Waals surface area contributed by atoms with Gasteiger partial charge in [-0.3, -0.25) is 4.79 Å². The number of hydrogen-bond acceptors (Lipinski definition) is 2. The van der Waals surface area contributed by atoms with E-state index in [-0.39, 0.29) is 12.1 Å². The summed E-state index contributed by atoms with van der Waals surface area (Å²) in [6.07, 6.45) is -0.153. The lowest BCUT2D eigenvalue weighted by Crippen LogP contribution is -2.15. The minimum Gasteiger partial charge on any atom is -0.496 e. The van der Waals surface area contributed by atoms with E-state index in [0.29, 0.717) is 11.3 Å². The average molecular weight is 295 g/mol. The Balaban J connectivity index is 2.11. The minimum absolute atomic E-state index is 0.120. The number of rotatable bonds is 4. The van der Waals surface area contributed by atoms with Crippen molar-refractivity contribution < 1.29 is 22.7 Å². The normalized spacial score (nSPS) is 10.3. The number of carbonyl (C=O) groups is 1. The van der Waals surface area contributed by atoms with Gasteiger partial charge in [0.05, 0.1) is 13.5 Å². The van der Waals surface area contributed by atoms with Crippen molar-refractivity contribution in [2.24, 2.45) is 0 Å². The van der Waals surface area contributed by atoms with Gasteiger partial charge in [0.2, 0.25) is 5.91 Å². The fourth-order valence-electron chi connectivity index (χ4n) is 1.84. The maximum atomic E-state index is 13.2. The topological polar surface area (TPSA) is 38.3 Å². The maximum Gasteiger partial charge on any atom is 0.228 e. The number of halogens is 3. The molecule has 0 aliphatic carbocycles. The van der Waals surface area contributed by atoms with E-state index in [0.717, 1.165) is 12.1 Å². The van der Waals surface area contributed by atoms with E-state index in [2.05, 4.69) is 5.32 Å². The van der Waals surface area contributed by atoms with Gasteiger partial charge in [0, 0.05) is 17.3 Å². The SMILES string of the molecule is COc1ccc(F)cc1CC(=O)Nc1ccc(F)c(F)c1. The first-order chi connectivity index (χ1) is 9.99. The summed E-state index contributed by atoms with van der Waals surface area (Å²) in [5, 5.41) is 2.41. The highest BCUT2D eigenvalue weighted by atomic mass is 19.2. The van der Waals surface area contributed by atoms with E-state index in [9.17, 15) is 18.0 Å². The number of nitrogens with one attached hydrogen (secondary N) is 1. The third-order valence-electron chi connectivity index (χ3n) is 2.80. The van der Waals surface area contributed by atoms with E-state index in [1.165, 1.54) is 31.4 Å². The first-order valence-corrected chi connectivity index (χ1v) is 6.07. The molecule has 2 rings (SSSR count). The van der Waals surface area contributed by atoms with Crippen LogP contribution in [0.15, 0.2) is 36.4 Å². The summed E-state index contributed by atoms with van der Waals surface area (Å²) in [5.41, 5.74) is 0.479. The number of ether oxygens (including phenoxy) is 1. The molecule has 0 atom stereocenters. The molecule has 0 saturated carbocycles. The molecule has 1 amide bonds. The van der Waals surface area contributed by atoms with Crippen molar-refractivity contribution in [3.05, 3.63) is 59.4 Å². The summed E-state index contributed by atoms with van der Waals surface area (Å²) in [5.74, 6) is -2.68. The molecule has 0 bridgehead atoms. The molecular formula is C15H12F3NO2. The van der Waals surface area contributed by atoms with Crippen LogP contribution in [0.3, 0.4) is 0 Å². The molecule has 6 heteroatoms. The van der Waals surface area contributed by atoms with Crippen LogP contribution in [0.5, 0.6) is 5.75 Å². The van der Waals surface area contributed by atoms with Crippen LogP contribution in [0, 0.1) is 17.5 Å². The second-order valence-corrected chi connectivity index (χ2v) is 4.31. The van der Waals surface area contributed by atoms with Crippen molar-refractivity contribution in [1.29, 1.82) is 0 Å². The molecule has 110 valence electrons. The molecule has 0 heterocycles. The van der Waals surface area contributed by atoms with Gasteiger partial charge in [0.15, 0.2) is 11.6 Å². The number of carbonyl (C=O) groups excluding carboxylic acids is 1. The van der Waals surface area contributed by atoms with E-state index in [1.54, 1.807) is 0 Å². The summed E-state index contributed by atoms with van der Waals surface area (Å²) in [7, 11) is 1.41. The average Bonchev–Trinajstić information content (AvgIpc) is 2.43. The summed E-state index contributed by atoms with van der Waals surface area (Å²) >= 11 is 0. The van der Waals surface area contributed by atoms with Crippen LogP contribution in [0.4, 0.5) is 18.9 Å². The third kappa shape index (κ3) is 3.75. The van der Waals surface area contributed by atoms with Crippen molar-refractivity contribution >= 4 is 11.6 Å². The molecule has 0 spiro atoms. The second-order valence-electron chi connectivity index (χ2n) is 4.31. The standard InChI is InChI=1S/C15H12F3NO2/c1-21-14-5-2-10(16)6-9(14)7-15(20)19-11-3-4-12(17)13(18)8-11/h2-6,8H,7H2,1H3,(H,19,20). The second kappa shape index (κ2) is 6.30. The Morgan fingerprint density at radius 2 is 1.86 bits per heavy atom. The van der Waals surface area contributed by atoms with Crippen LogP contribution in [0.2, 0.25) is 0 Å². The first-order valence-electron chi connectivity index (χ1n) is 6.07. The van der Waals surface area contributed by atoms with E-state index >= 15 is 0 Å². The molecule has 2 aromatic carbocycles. The molecule has 3 nitrogen and oxygen atoms in total. The zero-order chi connectivity index (χ0) is 15.4. The van der Waals surface area contributed by atoms with Gasteiger partial charge in [-0.1, -0.05) is 0 Å². The van der Waals surface area contributed by atoms with E-state index in [1.807, 2.05) is 0 Å². The lowest BCUT2D eigenvalue weighted by atomic mass is 10.1. The highest BCUT2D eigenvalue weighted by Crippen LogP contribution is 2.20. The van der Waals surface area contributed by atoms with Crippen molar-refractivity contribution in [2.75, 3.05) is 12.4 Å². The van der Waals surface area contributed by atoms with Crippen LogP contribution in [0.25, 0.3) is 0 Å². The van der Waals surface area contributed by atoms with Crippen molar-refractivity contribution in [3.63, 3.8) is 0 Å². The smallest absolute Gasteiger partial charge is 0.228 e. The zero-order valence-electron chi connectivity index (χ0n) is 11.1. The fraction of sp³-hybridized carbons (Fsp3) is 0.133. The molecule has 0 aromatic heterocycles. The molecule has 0 aliphatic rings. The molecule has 2 aromatic rings. The quantitative estimate of drug-likeness (QED) is 0.940. The fourth-order valence-corrected chi connectivity index (χ4v) is 1.84. The predicted octanol–water partition coefficient (Wildman–Crippen LogP) is 3.29. The maximum absolute atomic E-state index is 13.2. The largest absolute Gasteiger partial charge is 0.496 e. The van der Waals surface area contributed by atoms with E-state index in [4.69, 9.17) is 4.74 Å². The van der Waals surface area contributed by atoms with Gasteiger partial charge in [-0.05, 0) is 30.3 Å². The molecule has 0 fully saturated rings. The molecule has 0 saturated heterocycles. The van der Waals surface area contributed by atoms with Crippen LogP contribution in [0.1, 0.15) is 5.56 Å². The lowest BCUT2D eigenvalue weighted by molar-refractivity contribution is -0.115. The Bertz CT molecular complexity index is 674. The Labute approximate surface area is 119 Å². The van der Waals surface area contributed by atoms with Gasteiger partial charge in [0.25, 0.3) is 0 Å². The Morgan fingerprint density at radius 3 is 2.52 bits per heavy atom. The van der Waals surface area contributed by atoms with Gasteiger partial charge in [-0.2, -0.15) is 0 Å². The third-order valence-corrected chi connectivity index (χ3v) is 2.80. The number of benzene rings is 2. The molecule has 0 aliphatic heterocycles. The van der Waals surface area contributed by atoms with Gasteiger partial charge in [-0.15, -0.1) is 0 Å². The number of hydrogen-bond donors (Lipinski definition) is 1. The molecule has 0 unspecified atom stereocenters. The lowest BCUT2D eigenvalue weighted by Gasteiger charge is -2.09. The number of methoxy groups -OCH3 is 1. The van der Waals surface area contributed by atoms with Gasteiger partial charge in [0.1, 0.15) is 11.6 Å². The first kappa shape index (κ1) is 14.9. The zero-order valence-corrected chi connectivity index (χ0v) is 11.1. The molecule has 1 N–H and O–H groups in total. The molecule has 0 radical (unpaired) electrons. The molecular weight excluding hydrogens is 283 g/mol. The summed E-state index contributed by atoms with van der Waals surface area (Å²) < 4.78 is 44.0. The molecule has 21 heavy (non-hydrogen) atoms. The minimum atomic E-state index is -1.06. The van der Waals surface area contributed by atoms with Gasteiger partial charge >= 0.3 is 0 Å². The van der Waals surface area contributed by atoms with Crippen molar-refractivity contribution in [2.45, 2.75) is 6.42 Å². The highest BCUT2D eigenvalue weighted by Gasteiger charge is 2.11. The monoisotopic (exact) mass is 295 g/mol. The van der Waals surface area contributed by atoms with Gasteiger partial charge < -0.3 is 10.1 Å². The van der Waals surface area contributed by atoms with Crippen LogP contribution in [-0.4, -0.2) is 13.0 Å². The van der Waals surface area contributed by atoms with Crippen LogP contribution >= 0.6 is 0 Å². The number of anilines is 1.